The number of hydrogen-bond donors (Lipinski definition) is 2. The van der Waals surface area contributed by atoms with E-state index in [9.17, 15) is 9.90 Å². The van der Waals surface area contributed by atoms with Gasteiger partial charge in [-0.05, 0) is 12.3 Å². The van der Waals surface area contributed by atoms with Gasteiger partial charge in [0.1, 0.15) is 18.1 Å². The monoisotopic (exact) mass is 293 g/mol. The fraction of sp³-hybridized carbons (Fsp3) is 0.615. The number of nitrogens with zero attached hydrogens (tertiary/aromatic N) is 4. The van der Waals surface area contributed by atoms with Crippen molar-refractivity contribution in [1.29, 1.82) is 0 Å². The average Bonchev–Trinajstić information content (AvgIpc) is 2.96. The quantitative estimate of drug-likeness (QED) is 0.833. The lowest BCUT2D eigenvalue weighted by Gasteiger charge is -2.14. The van der Waals surface area contributed by atoms with Crippen LogP contribution in [0.25, 0.3) is 11.2 Å². The molecule has 2 N–H and O–H groups in total. The first-order valence-corrected chi connectivity index (χ1v) is 6.91. The van der Waals surface area contributed by atoms with Crippen molar-refractivity contribution in [3.05, 3.63) is 16.8 Å². The summed E-state index contributed by atoms with van der Waals surface area (Å²) in [6, 6.07) is 0. The van der Waals surface area contributed by atoms with Crippen LogP contribution >= 0.6 is 0 Å². The van der Waals surface area contributed by atoms with E-state index in [0.29, 0.717) is 23.4 Å². The number of hydrogen-bond acceptors (Lipinski definition) is 6. The van der Waals surface area contributed by atoms with Crippen LogP contribution in [-0.4, -0.2) is 51.4 Å². The number of aromatic nitrogens is 4. The molecule has 0 aromatic carbocycles. The lowest BCUT2D eigenvalue weighted by atomic mass is 10.0. The highest BCUT2D eigenvalue weighted by Crippen LogP contribution is 2.33. The number of anilines is 1. The summed E-state index contributed by atoms with van der Waals surface area (Å²) in [5.41, 5.74) is 0.843. The summed E-state index contributed by atoms with van der Waals surface area (Å²) in [6.07, 6.45) is 1.44. The molecule has 1 aliphatic heterocycles. The average molecular weight is 293 g/mol. The van der Waals surface area contributed by atoms with Gasteiger partial charge in [-0.3, -0.25) is 0 Å². The molecule has 3 atom stereocenters. The third-order valence-electron chi connectivity index (χ3n) is 3.92. The largest absolute Gasteiger partial charge is 0.394 e. The van der Waals surface area contributed by atoms with Crippen LogP contribution in [0, 0.1) is 5.92 Å². The number of imidazole rings is 1. The fourth-order valence-corrected chi connectivity index (χ4v) is 2.78. The number of rotatable bonds is 3. The Kier molecular flexibility index (Phi) is 3.42. The maximum absolute atomic E-state index is 12.3. The van der Waals surface area contributed by atoms with Gasteiger partial charge in [-0.1, -0.05) is 6.92 Å². The van der Waals surface area contributed by atoms with Crippen molar-refractivity contribution < 1.29 is 9.84 Å². The Morgan fingerprint density at radius 2 is 2.29 bits per heavy atom. The van der Waals surface area contributed by atoms with Gasteiger partial charge in [-0.25, -0.2) is 19.3 Å². The second kappa shape index (κ2) is 5.12. The lowest BCUT2D eigenvalue weighted by Crippen LogP contribution is -2.24. The van der Waals surface area contributed by atoms with Gasteiger partial charge in [-0.15, -0.1) is 0 Å². The molecule has 0 bridgehead atoms. The molecule has 2 aromatic heterocycles. The predicted octanol–water partition coefficient (Wildman–Crippen LogP) is 0.101. The molecule has 0 amide bonds. The summed E-state index contributed by atoms with van der Waals surface area (Å²) < 4.78 is 7.29. The van der Waals surface area contributed by atoms with Gasteiger partial charge < -0.3 is 19.7 Å². The molecule has 114 valence electrons. The van der Waals surface area contributed by atoms with Crippen molar-refractivity contribution in [3.8, 4) is 0 Å². The van der Waals surface area contributed by atoms with E-state index in [-0.39, 0.29) is 24.3 Å². The van der Waals surface area contributed by atoms with Crippen LogP contribution in [0.3, 0.4) is 0 Å². The lowest BCUT2D eigenvalue weighted by molar-refractivity contribution is -0.0290. The summed E-state index contributed by atoms with van der Waals surface area (Å²) >= 11 is 0. The third kappa shape index (κ3) is 2.20. The van der Waals surface area contributed by atoms with Crippen molar-refractivity contribution in [3.63, 3.8) is 0 Å². The summed E-state index contributed by atoms with van der Waals surface area (Å²) in [6.45, 7) is 1.95. The highest BCUT2D eigenvalue weighted by molar-refractivity contribution is 5.83. The van der Waals surface area contributed by atoms with Crippen LogP contribution < -0.4 is 10.6 Å². The molecule has 8 heteroatoms. The van der Waals surface area contributed by atoms with Crippen LogP contribution in [0.2, 0.25) is 0 Å². The van der Waals surface area contributed by atoms with Gasteiger partial charge >= 0.3 is 5.69 Å². The maximum atomic E-state index is 12.3. The molecule has 0 radical (unpaired) electrons. The van der Waals surface area contributed by atoms with Crippen molar-refractivity contribution in [2.45, 2.75) is 25.7 Å². The van der Waals surface area contributed by atoms with Gasteiger partial charge in [0.15, 0.2) is 11.5 Å². The van der Waals surface area contributed by atoms with Crippen molar-refractivity contribution in [2.24, 2.45) is 5.92 Å². The number of aliphatic hydroxyl groups is 1. The molecular weight excluding hydrogens is 274 g/mol. The summed E-state index contributed by atoms with van der Waals surface area (Å²) in [7, 11) is 3.71. The maximum Gasteiger partial charge on any atom is 0.329 e. The number of aliphatic hydroxyl groups excluding tert-OH is 1. The number of H-pyrrole nitrogens is 1. The van der Waals surface area contributed by atoms with Gasteiger partial charge in [-0.2, -0.15) is 0 Å². The van der Waals surface area contributed by atoms with E-state index >= 15 is 0 Å². The van der Waals surface area contributed by atoms with Gasteiger partial charge in [0.05, 0.1) is 12.7 Å². The second-order valence-corrected chi connectivity index (χ2v) is 5.62. The van der Waals surface area contributed by atoms with Crippen LogP contribution in [0.5, 0.6) is 0 Å². The Morgan fingerprint density at radius 1 is 1.52 bits per heavy atom. The summed E-state index contributed by atoms with van der Waals surface area (Å²) in [4.78, 5) is 25.3. The normalized spacial score (nSPS) is 25.6. The van der Waals surface area contributed by atoms with E-state index in [2.05, 4.69) is 15.0 Å². The molecule has 2 aromatic rings. The highest BCUT2D eigenvalue weighted by atomic mass is 16.5. The predicted molar refractivity (Wildman–Crippen MR) is 77.3 cm³/mol. The van der Waals surface area contributed by atoms with Crippen molar-refractivity contribution >= 4 is 17.0 Å². The molecule has 21 heavy (non-hydrogen) atoms. The molecule has 1 aliphatic rings. The standard InChI is InChI=1S/C13H19N5O3/c1-7-4-9(21-8(7)5-19)18-12-10(16-13(18)20)11(17(2)3)14-6-15-12/h6-9,19H,4-5H2,1-3H3,(H,16,20)/t7-,8?,9-/m1/s1. The first-order valence-electron chi connectivity index (χ1n) is 6.91. The first kappa shape index (κ1) is 14.0. The number of fused-ring (bicyclic) bond motifs is 1. The van der Waals surface area contributed by atoms with Gasteiger partial charge in [0.25, 0.3) is 0 Å². The van der Waals surface area contributed by atoms with E-state index in [4.69, 9.17) is 4.74 Å². The molecule has 0 saturated carbocycles. The minimum absolute atomic E-state index is 0.0489. The summed E-state index contributed by atoms with van der Waals surface area (Å²) in [5, 5.41) is 9.30. The zero-order valence-corrected chi connectivity index (χ0v) is 12.3. The Labute approximate surface area is 121 Å². The van der Waals surface area contributed by atoms with E-state index in [0.717, 1.165) is 0 Å². The molecule has 1 saturated heterocycles. The number of aromatic amines is 1. The Morgan fingerprint density at radius 3 is 2.90 bits per heavy atom. The minimum Gasteiger partial charge on any atom is -0.394 e. The zero-order chi connectivity index (χ0) is 15.1. The number of ether oxygens (including phenoxy) is 1. The molecule has 3 heterocycles. The first-order chi connectivity index (χ1) is 10.0. The minimum atomic E-state index is -0.414. The van der Waals surface area contributed by atoms with Crippen LogP contribution in [0.1, 0.15) is 19.6 Å². The van der Waals surface area contributed by atoms with Gasteiger partial charge in [0.2, 0.25) is 0 Å². The smallest absolute Gasteiger partial charge is 0.329 e. The molecule has 1 fully saturated rings. The second-order valence-electron chi connectivity index (χ2n) is 5.62. The van der Waals surface area contributed by atoms with E-state index in [1.807, 2.05) is 25.9 Å². The molecule has 0 spiro atoms. The van der Waals surface area contributed by atoms with E-state index in [1.54, 1.807) is 0 Å². The van der Waals surface area contributed by atoms with Crippen molar-refractivity contribution in [1.82, 2.24) is 19.5 Å². The molecule has 0 aliphatic carbocycles. The fourth-order valence-electron chi connectivity index (χ4n) is 2.78. The zero-order valence-electron chi connectivity index (χ0n) is 12.3. The molecular formula is C13H19N5O3. The molecule has 8 nitrogen and oxygen atoms in total. The van der Waals surface area contributed by atoms with Gasteiger partial charge in [0, 0.05) is 14.1 Å². The van der Waals surface area contributed by atoms with Crippen LogP contribution in [-0.2, 0) is 4.74 Å². The van der Waals surface area contributed by atoms with Crippen LogP contribution in [0.15, 0.2) is 11.1 Å². The Bertz CT molecular complexity index is 707. The molecule has 1 unspecified atom stereocenters. The van der Waals surface area contributed by atoms with E-state index < -0.39 is 6.23 Å². The molecule has 3 rings (SSSR count). The number of nitrogens with one attached hydrogen (secondary N) is 1. The Balaban J connectivity index is 2.10. The highest BCUT2D eigenvalue weighted by Gasteiger charge is 2.35. The third-order valence-corrected chi connectivity index (χ3v) is 3.92. The topological polar surface area (TPSA) is 96.3 Å². The summed E-state index contributed by atoms with van der Waals surface area (Å²) in [5.74, 6) is 0.840. The van der Waals surface area contributed by atoms with E-state index in [1.165, 1.54) is 10.9 Å². The van der Waals surface area contributed by atoms with Crippen LogP contribution in [0.4, 0.5) is 5.82 Å². The SMILES string of the molecule is C[C@@H]1C[C@H](n2c(=O)[nH]c3c(N(C)C)ncnc32)OC1CO. The van der Waals surface area contributed by atoms with Crippen molar-refractivity contribution in [2.75, 3.05) is 25.6 Å². The Hall–Kier alpha value is -1.93.